The van der Waals surface area contributed by atoms with Crippen LogP contribution >= 0.6 is 0 Å². The van der Waals surface area contributed by atoms with Gasteiger partial charge in [-0.15, -0.1) is 0 Å². The van der Waals surface area contributed by atoms with Crippen LogP contribution in [0.2, 0.25) is 6.04 Å². The Morgan fingerprint density at radius 1 is 1.10 bits per heavy atom. The van der Waals surface area contributed by atoms with Crippen molar-refractivity contribution >= 4 is 20.5 Å². The Labute approximate surface area is 171 Å². The lowest BCUT2D eigenvalue weighted by molar-refractivity contribution is -0.386. The van der Waals surface area contributed by atoms with Gasteiger partial charge in [-0.3, -0.25) is 14.9 Å². The molecular weight excluding hydrogens is 402 g/mol. The maximum atomic E-state index is 11.4. The molecular formula is C18H29NO9Si. The minimum Gasteiger partial charge on any atom is -0.490 e. The molecule has 0 bridgehead atoms. The Morgan fingerprint density at radius 3 is 2.28 bits per heavy atom. The zero-order valence-corrected chi connectivity index (χ0v) is 18.5. The summed E-state index contributed by atoms with van der Waals surface area (Å²) in [5.41, 5.74) is 0.137. The van der Waals surface area contributed by atoms with Crippen LogP contribution < -0.4 is 9.47 Å². The van der Waals surface area contributed by atoms with E-state index in [1.54, 1.807) is 28.3 Å². The van der Waals surface area contributed by atoms with Crippen LogP contribution in [0.3, 0.4) is 0 Å². The van der Waals surface area contributed by atoms with Gasteiger partial charge in [0.15, 0.2) is 11.5 Å². The molecule has 11 heteroatoms. The van der Waals surface area contributed by atoms with Crippen LogP contribution in [0.4, 0.5) is 5.69 Å². The molecule has 1 rings (SSSR count). The lowest BCUT2D eigenvalue weighted by Crippen LogP contribution is -2.42. The molecule has 0 aromatic heterocycles. The van der Waals surface area contributed by atoms with Gasteiger partial charge in [-0.25, -0.2) is 0 Å². The number of hydrogen-bond donors (Lipinski definition) is 0. The van der Waals surface area contributed by atoms with Crippen molar-refractivity contribution < 1.29 is 37.2 Å². The molecule has 0 amide bonds. The molecule has 0 aliphatic rings. The molecule has 0 aliphatic carbocycles. The zero-order valence-electron chi connectivity index (χ0n) is 17.5. The van der Waals surface area contributed by atoms with Crippen molar-refractivity contribution in [2.24, 2.45) is 0 Å². The fraction of sp³-hybridized carbons (Fsp3) is 0.611. The van der Waals surface area contributed by atoms with Crippen LogP contribution in [-0.2, 0) is 29.4 Å². The van der Waals surface area contributed by atoms with Crippen molar-refractivity contribution in [2.75, 3.05) is 34.5 Å². The molecule has 0 radical (unpaired) electrons. The molecule has 10 nitrogen and oxygen atoms in total. The lowest BCUT2D eigenvalue weighted by Gasteiger charge is -2.24. The van der Waals surface area contributed by atoms with Crippen LogP contribution in [0, 0.1) is 10.1 Å². The van der Waals surface area contributed by atoms with E-state index in [0.717, 1.165) is 6.42 Å². The molecule has 0 fully saturated rings. The van der Waals surface area contributed by atoms with Gasteiger partial charge in [0.05, 0.1) is 29.8 Å². The molecule has 1 aromatic rings. The SMILES string of the molecule is CCOc1cc([N+](=O)[O-])c(COCCCC[Si](OC)(OC)OC)cc1OC(C)=O. The highest BCUT2D eigenvalue weighted by atomic mass is 28.4. The summed E-state index contributed by atoms with van der Waals surface area (Å²) in [6.07, 6.45) is 1.46. The van der Waals surface area contributed by atoms with Crippen LogP contribution in [0.15, 0.2) is 12.1 Å². The molecule has 0 atom stereocenters. The minimum atomic E-state index is -2.61. The second-order valence-electron chi connectivity index (χ2n) is 6.02. The van der Waals surface area contributed by atoms with Gasteiger partial charge in [0.2, 0.25) is 0 Å². The van der Waals surface area contributed by atoms with Gasteiger partial charge in [-0.05, 0) is 25.8 Å². The standard InChI is InChI=1S/C18H29NO9Si/c1-6-27-17-12-16(19(21)22)15(11-18(17)28-14(2)20)13-26-9-7-8-10-29(23-3,24-4)25-5/h11-12H,6-10,13H2,1-5H3. The summed E-state index contributed by atoms with van der Waals surface area (Å²) < 4.78 is 32.1. The number of nitrogens with zero attached hydrogens (tertiary/aromatic N) is 1. The maximum absolute atomic E-state index is 11.4. The van der Waals surface area contributed by atoms with Crippen molar-refractivity contribution in [3.05, 3.63) is 27.8 Å². The van der Waals surface area contributed by atoms with Gasteiger partial charge >= 0.3 is 14.8 Å². The summed E-state index contributed by atoms with van der Waals surface area (Å²) in [6, 6.07) is 3.29. The molecule has 1 aromatic carbocycles. The van der Waals surface area contributed by atoms with E-state index in [1.807, 2.05) is 0 Å². The maximum Gasteiger partial charge on any atom is 0.500 e. The van der Waals surface area contributed by atoms with Crippen LogP contribution in [0.5, 0.6) is 11.5 Å². The van der Waals surface area contributed by atoms with E-state index in [0.29, 0.717) is 24.6 Å². The third-order valence-corrected chi connectivity index (χ3v) is 6.94. The minimum absolute atomic E-state index is 0.00160. The van der Waals surface area contributed by atoms with Crippen molar-refractivity contribution in [3.63, 3.8) is 0 Å². The molecule has 0 N–H and O–H groups in total. The first-order chi connectivity index (χ1) is 13.8. The number of rotatable bonds is 14. The van der Waals surface area contributed by atoms with E-state index in [4.69, 9.17) is 27.5 Å². The number of carbonyl (C=O) groups excluding carboxylic acids is 1. The topological polar surface area (TPSA) is 116 Å². The van der Waals surface area contributed by atoms with E-state index in [9.17, 15) is 14.9 Å². The number of unbranched alkanes of at least 4 members (excludes halogenated alkanes) is 1. The molecule has 0 aliphatic heterocycles. The van der Waals surface area contributed by atoms with E-state index in [1.165, 1.54) is 19.1 Å². The number of hydrogen-bond acceptors (Lipinski definition) is 9. The van der Waals surface area contributed by atoms with Crippen LogP contribution in [0.1, 0.15) is 32.3 Å². The van der Waals surface area contributed by atoms with E-state index in [-0.39, 0.29) is 30.4 Å². The molecule has 0 saturated carbocycles. The Bertz CT molecular complexity index is 671. The summed E-state index contributed by atoms with van der Waals surface area (Å²) in [5.74, 6) is -0.286. The summed E-state index contributed by atoms with van der Waals surface area (Å²) in [5, 5.41) is 11.4. The van der Waals surface area contributed by atoms with Gasteiger partial charge in [0.1, 0.15) is 0 Å². The predicted molar refractivity (Wildman–Crippen MR) is 106 cm³/mol. The fourth-order valence-corrected chi connectivity index (χ4v) is 4.46. The van der Waals surface area contributed by atoms with Crippen LogP contribution in [-0.4, -0.2) is 54.2 Å². The molecule has 0 unspecified atom stereocenters. The second-order valence-corrected chi connectivity index (χ2v) is 9.11. The number of nitro benzene ring substituents is 1. The van der Waals surface area contributed by atoms with Gasteiger partial charge in [-0.2, -0.15) is 0 Å². The summed E-state index contributed by atoms with van der Waals surface area (Å²) in [6.45, 7) is 3.63. The monoisotopic (exact) mass is 431 g/mol. The Kier molecular flexibility index (Phi) is 10.8. The Balaban J connectivity index is 2.74. The van der Waals surface area contributed by atoms with Crippen molar-refractivity contribution in [1.29, 1.82) is 0 Å². The average molecular weight is 432 g/mol. The Hall–Kier alpha value is -2.05. The normalized spacial score (nSPS) is 11.3. The number of benzene rings is 1. The van der Waals surface area contributed by atoms with Crippen molar-refractivity contribution in [3.8, 4) is 11.5 Å². The largest absolute Gasteiger partial charge is 0.500 e. The quantitative estimate of drug-likeness (QED) is 0.109. The number of carbonyl (C=O) groups is 1. The summed E-state index contributed by atoms with van der Waals surface area (Å²) in [7, 11) is 2.06. The van der Waals surface area contributed by atoms with Gasteiger partial charge in [0, 0.05) is 40.9 Å². The second kappa shape index (κ2) is 12.5. The summed E-state index contributed by atoms with van der Waals surface area (Å²) >= 11 is 0. The van der Waals surface area contributed by atoms with Gasteiger partial charge < -0.3 is 27.5 Å². The van der Waals surface area contributed by atoms with Gasteiger partial charge in [-0.1, -0.05) is 0 Å². The molecule has 0 saturated heterocycles. The zero-order chi connectivity index (χ0) is 21.9. The van der Waals surface area contributed by atoms with Gasteiger partial charge in [0.25, 0.3) is 5.69 Å². The molecule has 29 heavy (non-hydrogen) atoms. The highest BCUT2D eigenvalue weighted by Crippen LogP contribution is 2.35. The number of esters is 1. The number of nitro groups is 1. The first kappa shape index (κ1) is 25.0. The fourth-order valence-electron chi connectivity index (χ4n) is 2.66. The van der Waals surface area contributed by atoms with E-state index in [2.05, 4.69) is 0 Å². The first-order valence-electron chi connectivity index (χ1n) is 9.18. The van der Waals surface area contributed by atoms with Crippen molar-refractivity contribution in [2.45, 2.75) is 39.3 Å². The first-order valence-corrected chi connectivity index (χ1v) is 11.1. The summed E-state index contributed by atoms with van der Waals surface area (Å²) in [4.78, 5) is 22.2. The lowest BCUT2D eigenvalue weighted by atomic mass is 10.1. The average Bonchev–Trinajstić information content (AvgIpc) is 2.69. The van der Waals surface area contributed by atoms with E-state index >= 15 is 0 Å². The number of ether oxygens (including phenoxy) is 3. The highest BCUT2D eigenvalue weighted by Gasteiger charge is 2.36. The predicted octanol–water partition coefficient (Wildman–Crippen LogP) is 3.09. The third kappa shape index (κ3) is 7.70. The van der Waals surface area contributed by atoms with E-state index < -0.39 is 19.7 Å². The molecule has 0 heterocycles. The molecule has 0 spiro atoms. The van der Waals surface area contributed by atoms with Crippen LogP contribution in [0.25, 0.3) is 0 Å². The third-order valence-electron chi connectivity index (χ3n) is 4.11. The Morgan fingerprint density at radius 2 is 1.76 bits per heavy atom. The highest BCUT2D eigenvalue weighted by molar-refractivity contribution is 6.60. The molecule has 164 valence electrons. The smallest absolute Gasteiger partial charge is 0.490 e. The van der Waals surface area contributed by atoms with Crippen molar-refractivity contribution in [1.82, 2.24) is 0 Å².